The van der Waals surface area contributed by atoms with E-state index < -0.39 is 0 Å². The highest BCUT2D eigenvalue weighted by Crippen LogP contribution is 2.15. The molecule has 1 saturated heterocycles. The fourth-order valence-electron chi connectivity index (χ4n) is 2.98. The molecule has 0 spiro atoms. The highest BCUT2D eigenvalue weighted by Gasteiger charge is 2.16. The molecular weight excluding hydrogens is 314 g/mol. The predicted molar refractivity (Wildman–Crippen MR) is 95.8 cm³/mol. The maximum atomic E-state index is 9.57. The van der Waals surface area contributed by atoms with E-state index in [1.165, 1.54) is 5.56 Å². The number of aromatic nitrogens is 2. The number of aliphatic hydroxyl groups is 1. The van der Waals surface area contributed by atoms with Crippen LogP contribution in [-0.2, 0) is 13.1 Å². The summed E-state index contributed by atoms with van der Waals surface area (Å²) in [6, 6.07) is 12.2. The Labute approximate surface area is 148 Å². The zero-order valence-corrected chi connectivity index (χ0v) is 14.4. The summed E-state index contributed by atoms with van der Waals surface area (Å²) in [7, 11) is 0. The van der Waals surface area contributed by atoms with Gasteiger partial charge < -0.3 is 10.4 Å². The van der Waals surface area contributed by atoms with Gasteiger partial charge in [-0.1, -0.05) is 24.3 Å². The van der Waals surface area contributed by atoms with Gasteiger partial charge in [0.25, 0.3) is 0 Å². The molecule has 0 saturated carbocycles. The van der Waals surface area contributed by atoms with Crippen LogP contribution in [0.25, 0.3) is 0 Å². The number of hydrogen-bond acceptors (Lipinski definition) is 6. The molecule has 6 heteroatoms. The number of nitrogens with one attached hydrogen (secondary N) is 1. The monoisotopic (exact) mass is 337 g/mol. The van der Waals surface area contributed by atoms with Crippen LogP contribution in [0.1, 0.15) is 35.4 Å². The summed E-state index contributed by atoms with van der Waals surface area (Å²) in [5, 5.41) is 21.7. The Bertz CT molecular complexity index is 745. The number of aliphatic hydroxyl groups excluding tert-OH is 1. The summed E-state index contributed by atoms with van der Waals surface area (Å²) in [5.74, 6) is 0.479. The van der Waals surface area contributed by atoms with Crippen molar-refractivity contribution in [1.29, 1.82) is 5.26 Å². The molecule has 1 aliphatic rings. The fraction of sp³-hybridized carbons (Fsp3) is 0.421. The first kappa shape index (κ1) is 17.3. The minimum atomic E-state index is -0.130. The van der Waals surface area contributed by atoms with Crippen molar-refractivity contribution < 1.29 is 5.11 Å². The van der Waals surface area contributed by atoms with E-state index in [1.807, 2.05) is 13.0 Å². The van der Waals surface area contributed by atoms with Crippen molar-refractivity contribution in [3.8, 4) is 6.07 Å². The van der Waals surface area contributed by atoms with Gasteiger partial charge >= 0.3 is 0 Å². The molecule has 6 nitrogen and oxygen atoms in total. The molecule has 2 aromatic rings. The van der Waals surface area contributed by atoms with Gasteiger partial charge in [-0.15, -0.1) is 0 Å². The number of hydrogen-bond donors (Lipinski definition) is 2. The van der Waals surface area contributed by atoms with Crippen molar-refractivity contribution in [3.63, 3.8) is 0 Å². The second kappa shape index (κ2) is 8.06. The Morgan fingerprint density at radius 2 is 1.88 bits per heavy atom. The maximum absolute atomic E-state index is 9.57. The third kappa shape index (κ3) is 4.99. The molecule has 3 rings (SSSR count). The molecule has 2 N–H and O–H groups in total. The maximum Gasteiger partial charge on any atom is 0.224 e. The smallest absolute Gasteiger partial charge is 0.224 e. The van der Waals surface area contributed by atoms with Gasteiger partial charge in [0.05, 0.1) is 6.10 Å². The SMILES string of the molecule is Cc1cc(C#N)nc(NCc2ccc(CN3CCC(O)CC3)cc2)n1. The molecular formula is C19H23N5O. The molecule has 2 heterocycles. The second-order valence-electron chi connectivity index (χ2n) is 6.51. The number of piperidine rings is 1. The van der Waals surface area contributed by atoms with E-state index in [-0.39, 0.29) is 6.10 Å². The van der Waals surface area contributed by atoms with Gasteiger partial charge in [0.15, 0.2) is 0 Å². The average molecular weight is 337 g/mol. The summed E-state index contributed by atoms with van der Waals surface area (Å²) in [4.78, 5) is 10.8. The van der Waals surface area contributed by atoms with Crippen molar-refractivity contribution in [2.75, 3.05) is 18.4 Å². The van der Waals surface area contributed by atoms with E-state index in [2.05, 4.69) is 44.5 Å². The average Bonchev–Trinajstić information content (AvgIpc) is 2.62. The molecule has 0 radical (unpaired) electrons. The number of aryl methyl sites for hydroxylation is 1. The number of nitriles is 1. The lowest BCUT2D eigenvalue weighted by Gasteiger charge is -2.29. The fourth-order valence-corrected chi connectivity index (χ4v) is 2.98. The van der Waals surface area contributed by atoms with Crippen LogP contribution < -0.4 is 5.32 Å². The highest BCUT2D eigenvalue weighted by molar-refractivity contribution is 5.34. The Hall–Kier alpha value is -2.49. The summed E-state index contributed by atoms with van der Waals surface area (Å²) in [6.07, 6.45) is 1.60. The van der Waals surface area contributed by atoms with E-state index in [0.717, 1.165) is 43.7 Å². The number of rotatable bonds is 5. The molecule has 1 aromatic heterocycles. The number of benzene rings is 1. The summed E-state index contributed by atoms with van der Waals surface area (Å²) in [5.41, 5.74) is 3.56. The molecule has 1 aliphatic heterocycles. The van der Waals surface area contributed by atoms with E-state index in [4.69, 9.17) is 5.26 Å². The van der Waals surface area contributed by atoms with Crippen molar-refractivity contribution in [2.45, 2.75) is 39.0 Å². The van der Waals surface area contributed by atoms with E-state index in [0.29, 0.717) is 18.2 Å². The van der Waals surface area contributed by atoms with Crippen molar-refractivity contribution in [1.82, 2.24) is 14.9 Å². The van der Waals surface area contributed by atoms with Crippen molar-refractivity contribution in [2.24, 2.45) is 0 Å². The van der Waals surface area contributed by atoms with Gasteiger partial charge in [0, 0.05) is 31.9 Å². The lowest BCUT2D eigenvalue weighted by Crippen LogP contribution is -2.35. The Kier molecular flexibility index (Phi) is 5.59. The molecule has 0 atom stereocenters. The van der Waals surface area contributed by atoms with Crippen LogP contribution in [0.15, 0.2) is 30.3 Å². The van der Waals surface area contributed by atoms with Crippen LogP contribution >= 0.6 is 0 Å². The van der Waals surface area contributed by atoms with Crippen LogP contribution in [0.2, 0.25) is 0 Å². The molecule has 0 bridgehead atoms. The van der Waals surface area contributed by atoms with Gasteiger partial charge in [-0.25, -0.2) is 9.97 Å². The normalized spacial score (nSPS) is 15.7. The summed E-state index contributed by atoms with van der Waals surface area (Å²) in [6.45, 7) is 5.30. The summed E-state index contributed by atoms with van der Waals surface area (Å²) < 4.78 is 0. The number of anilines is 1. The minimum absolute atomic E-state index is 0.130. The van der Waals surface area contributed by atoms with E-state index in [1.54, 1.807) is 6.07 Å². The topological polar surface area (TPSA) is 85.1 Å². The third-order valence-electron chi connectivity index (χ3n) is 4.41. The van der Waals surface area contributed by atoms with Gasteiger partial charge in [-0.2, -0.15) is 5.26 Å². The molecule has 0 aliphatic carbocycles. The molecule has 0 unspecified atom stereocenters. The predicted octanol–water partition coefficient (Wildman–Crippen LogP) is 2.23. The highest BCUT2D eigenvalue weighted by atomic mass is 16.3. The van der Waals surface area contributed by atoms with Crippen LogP contribution in [-0.4, -0.2) is 39.2 Å². The first-order valence-electron chi connectivity index (χ1n) is 8.60. The quantitative estimate of drug-likeness (QED) is 0.870. The molecule has 0 amide bonds. The zero-order chi connectivity index (χ0) is 17.6. The van der Waals surface area contributed by atoms with Gasteiger partial charge in [-0.3, -0.25) is 4.90 Å². The minimum Gasteiger partial charge on any atom is -0.393 e. The van der Waals surface area contributed by atoms with Gasteiger partial charge in [0.1, 0.15) is 11.8 Å². The first-order chi connectivity index (χ1) is 12.1. The van der Waals surface area contributed by atoms with E-state index in [9.17, 15) is 5.11 Å². The van der Waals surface area contributed by atoms with Gasteiger partial charge in [-0.05, 0) is 37.0 Å². The zero-order valence-electron chi connectivity index (χ0n) is 14.4. The third-order valence-corrected chi connectivity index (χ3v) is 4.41. The Balaban J connectivity index is 1.54. The Morgan fingerprint density at radius 1 is 1.20 bits per heavy atom. The first-order valence-corrected chi connectivity index (χ1v) is 8.60. The van der Waals surface area contributed by atoms with Crippen LogP contribution in [0.5, 0.6) is 0 Å². The molecule has 1 aromatic carbocycles. The standard InChI is InChI=1S/C19H23N5O/c1-14-10-17(11-20)23-19(22-14)21-12-15-2-4-16(5-3-15)13-24-8-6-18(25)7-9-24/h2-5,10,18,25H,6-9,12-13H2,1H3,(H,21,22,23). The molecule has 25 heavy (non-hydrogen) atoms. The van der Waals surface area contributed by atoms with Crippen LogP contribution in [0, 0.1) is 18.3 Å². The second-order valence-corrected chi connectivity index (χ2v) is 6.51. The summed E-state index contributed by atoms with van der Waals surface area (Å²) >= 11 is 0. The van der Waals surface area contributed by atoms with Crippen molar-refractivity contribution >= 4 is 5.95 Å². The van der Waals surface area contributed by atoms with E-state index >= 15 is 0 Å². The lowest BCUT2D eigenvalue weighted by atomic mass is 10.1. The largest absolute Gasteiger partial charge is 0.393 e. The lowest BCUT2D eigenvalue weighted by molar-refractivity contribution is 0.0792. The van der Waals surface area contributed by atoms with Crippen LogP contribution in [0.4, 0.5) is 5.95 Å². The Morgan fingerprint density at radius 3 is 2.56 bits per heavy atom. The van der Waals surface area contributed by atoms with Gasteiger partial charge in [0.2, 0.25) is 5.95 Å². The number of likely N-dealkylation sites (tertiary alicyclic amines) is 1. The molecule has 130 valence electrons. The number of nitrogens with zero attached hydrogens (tertiary/aromatic N) is 4. The van der Waals surface area contributed by atoms with Crippen LogP contribution in [0.3, 0.4) is 0 Å². The molecule has 1 fully saturated rings. The van der Waals surface area contributed by atoms with Crippen molar-refractivity contribution in [3.05, 3.63) is 52.8 Å².